The maximum Gasteiger partial charge on any atom is 0.323 e. The molecule has 31 heavy (non-hydrogen) atoms. The summed E-state index contributed by atoms with van der Waals surface area (Å²) in [6.07, 6.45) is 0.482. The number of rotatable bonds is 7. The highest BCUT2D eigenvalue weighted by Crippen LogP contribution is 2.24. The number of hydrogen-bond donors (Lipinski definition) is 1. The molecule has 1 N–H and O–H groups in total. The number of nitrogens with zero attached hydrogens (tertiary/aromatic N) is 2. The fraction of sp³-hybridized carbons (Fsp3) is 0.348. The van der Waals surface area contributed by atoms with Gasteiger partial charge in [-0.2, -0.15) is 0 Å². The van der Waals surface area contributed by atoms with Gasteiger partial charge in [0, 0.05) is 25.3 Å². The molecular formula is C23H27N3O5. The van der Waals surface area contributed by atoms with Gasteiger partial charge < -0.3 is 19.7 Å². The van der Waals surface area contributed by atoms with Gasteiger partial charge in [0.05, 0.1) is 27.3 Å². The number of nitrogens with one attached hydrogen (secondary N) is 1. The molecule has 0 radical (unpaired) electrons. The zero-order valence-corrected chi connectivity index (χ0v) is 18.0. The number of benzene rings is 2. The molecule has 1 atom stereocenters. The molecule has 0 aliphatic carbocycles. The average Bonchev–Trinajstić information content (AvgIpc) is 2.78. The topological polar surface area (TPSA) is 88.2 Å². The Morgan fingerprint density at radius 3 is 2.55 bits per heavy atom. The molecule has 0 saturated heterocycles. The lowest BCUT2D eigenvalue weighted by Crippen LogP contribution is -2.50. The third-order valence-corrected chi connectivity index (χ3v) is 5.32. The van der Waals surface area contributed by atoms with Crippen molar-refractivity contribution in [3.05, 3.63) is 59.7 Å². The summed E-state index contributed by atoms with van der Waals surface area (Å²) in [4.78, 5) is 40.6. The molecule has 2 amide bonds. The van der Waals surface area contributed by atoms with Crippen LogP contribution in [0.25, 0.3) is 0 Å². The van der Waals surface area contributed by atoms with Crippen LogP contribution in [0.1, 0.15) is 11.1 Å². The minimum atomic E-state index is -0.539. The van der Waals surface area contributed by atoms with Crippen LogP contribution in [0.5, 0.6) is 5.75 Å². The van der Waals surface area contributed by atoms with E-state index in [-0.39, 0.29) is 30.9 Å². The molecule has 1 aliphatic rings. The van der Waals surface area contributed by atoms with Crippen molar-refractivity contribution in [3.63, 3.8) is 0 Å². The Morgan fingerprint density at radius 1 is 1.10 bits per heavy atom. The Morgan fingerprint density at radius 2 is 1.84 bits per heavy atom. The zero-order valence-electron chi connectivity index (χ0n) is 18.0. The van der Waals surface area contributed by atoms with Crippen LogP contribution in [0, 0.1) is 0 Å². The summed E-state index contributed by atoms with van der Waals surface area (Å²) >= 11 is 0. The molecule has 0 saturated carbocycles. The minimum Gasteiger partial charge on any atom is -0.497 e. The number of anilines is 1. The molecule has 0 spiro atoms. The SMILES string of the molecule is COC(=O)[C@@H]1Cc2ccccc2CN1CC(=O)N(C)CC(=O)Nc1cccc(OC)c1. The molecule has 2 aromatic carbocycles. The molecular weight excluding hydrogens is 398 g/mol. The van der Waals surface area contributed by atoms with Crippen LogP contribution in [-0.2, 0) is 32.1 Å². The van der Waals surface area contributed by atoms with Crippen LogP contribution in [-0.4, -0.2) is 68.0 Å². The summed E-state index contributed by atoms with van der Waals surface area (Å²) in [5, 5.41) is 2.75. The number of carbonyl (C=O) groups excluding carboxylic acids is 3. The molecule has 164 valence electrons. The summed E-state index contributed by atoms with van der Waals surface area (Å²) < 4.78 is 10.1. The summed E-state index contributed by atoms with van der Waals surface area (Å²) in [6.45, 7) is 0.367. The quantitative estimate of drug-likeness (QED) is 0.680. The fourth-order valence-electron chi connectivity index (χ4n) is 3.61. The zero-order chi connectivity index (χ0) is 22.4. The van der Waals surface area contributed by atoms with Crippen molar-refractivity contribution in [1.29, 1.82) is 0 Å². The standard InChI is InChI=1S/C23H27N3O5/c1-25(14-21(27)24-18-9-6-10-19(12-18)30-2)22(28)15-26-13-17-8-5-4-7-16(17)11-20(26)23(29)31-3/h4-10,12,20H,11,13-15H2,1-3H3,(H,24,27)/t20-/m0/s1. The summed E-state index contributed by atoms with van der Waals surface area (Å²) in [5.74, 6) is -0.325. The molecule has 3 rings (SSSR count). The largest absolute Gasteiger partial charge is 0.497 e. The van der Waals surface area contributed by atoms with Gasteiger partial charge >= 0.3 is 5.97 Å². The first-order valence-corrected chi connectivity index (χ1v) is 9.97. The second kappa shape index (κ2) is 10.1. The van der Waals surface area contributed by atoms with Crippen LogP contribution in [0.3, 0.4) is 0 Å². The first-order chi connectivity index (χ1) is 14.9. The fourth-order valence-corrected chi connectivity index (χ4v) is 3.61. The van der Waals surface area contributed by atoms with Gasteiger partial charge in [-0.15, -0.1) is 0 Å². The number of esters is 1. The number of likely N-dealkylation sites (N-methyl/N-ethyl adjacent to an activating group) is 1. The molecule has 0 unspecified atom stereocenters. The molecule has 8 nitrogen and oxygen atoms in total. The van der Waals surface area contributed by atoms with Crippen molar-refractivity contribution in [3.8, 4) is 5.75 Å². The Hall–Kier alpha value is -3.39. The molecule has 2 aromatic rings. The van der Waals surface area contributed by atoms with Crippen molar-refractivity contribution < 1.29 is 23.9 Å². The van der Waals surface area contributed by atoms with E-state index in [2.05, 4.69) is 5.32 Å². The summed E-state index contributed by atoms with van der Waals surface area (Å²) in [7, 11) is 4.46. The average molecular weight is 425 g/mol. The van der Waals surface area contributed by atoms with Gasteiger partial charge in [-0.25, -0.2) is 0 Å². The highest BCUT2D eigenvalue weighted by Gasteiger charge is 2.33. The van der Waals surface area contributed by atoms with Gasteiger partial charge in [0.15, 0.2) is 0 Å². The smallest absolute Gasteiger partial charge is 0.323 e. The third-order valence-electron chi connectivity index (χ3n) is 5.32. The van der Waals surface area contributed by atoms with E-state index in [9.17, 15) is 14.4 Å². The van der Waals surface area contributed by atoms with Crippen LogP contribution < -0.4 is 10.1 Å². The minimum absolute atomic E-state index is 0.0110. The highest BCUT2D eigenvalue weighted by atomic mass is 16.5. The lowest BCUT2D eigenvalue weighted by molar-refractivity contribution is -0.149. The van der Waals surface area contributed by atoms with E-state index in [1.165, 1.54) is 12.0 Å². The molecule has 0 aromatic heterocycles. The molecule has 1 heterocycles. The second-order valence-electron chi connectivity index (χ2n) is 7.45. The van der Waals surface area contributed by atoms with Gasteiger partial charge in [-0.1, -0.05) is 30.3 Å². The Balaban J connectivity index is 1.62. The predicted molar refractivity (Wildman–Crippen MR) is 116 cm³/mol. The van der Waals surface area contributed by atoms with E-state index in [1.807, 2.05) is 24.3 Å². The molecule has 1 aliphatic heterocycles. The molecule has 0 bridgehead atoms. The lowest BCUT2D eigenvalue weighted by Gasteiger charge is -2.35. The van der Waals surface area contributed by atoms with E-state index in [0.29, 0.717) is 24.4 Å². The van der Waals surface area contributed by atoms with Gasteiger partial charge in [0.25, 0.3) is 0 Å². The van der Waals surface area contributed by atoms with Gasteiger partial charge in [-0.3, -0.25) is 19.3 Å². The number of carbonyl (C=O) groups is 3. The first kappa shape index (κ1) is 22.3. The second-order valence-corrected chi connectivity index (χ2v) is 7.45. The van der Waals surface area contributed by atoms with Gasteiger partial charge in [0.2, 0.25) is 11.8 Å². The maximum absolute atomic E-state index is 12.8. The van der Waals surface area contributed by atoms with Crippen LogP contribution in [0.2, 0.25) is 0 Å². The van der Waals surface area contributed by atoms with Crippen LogP contribution in [0.15, 0.2) is 48.5 Å². The Labute approximate surface area is 181 Å². The number of hydrogen-bond acceptors (Lipinski definition) is 6. The van der Waals surface area contributed by atoms with E-state index in [0.717, 1.165) is 11.1 Å². The van der Waals surface area contributed by atoms with Crippen molar-refractivity contribution in [1.82, 2.24) is 9.80 Å². The van der Waals surface area contributed by atoms with E-state index in [1.54, 1.807) is 43.3 Å². The number of methoxy groups -OCH3 is 2. The van der Waals surface area contributed by atoms with E-state index >= 15 is 0 Å². The molecule has 8 heteroatoms. The lowest BCUT2D eigenvalue weighted by atomic mass is 9.94. The number of fused-ring (bicyclic) bond motifs is 1. The summed E-state index contributed by atoms with van der Waals surface area (Å²) in [6, 6.07) is 14.3. The van der Waals surface area contributed by atoms with Crippen molar-refractivity contribution in [2.24, 2.45) is 0 Å². The van der Waals surface area contributed by atoms with Crippen LogP contribution in [0.4, 0.5) is 5.69 Å². The first-order valence-electron chi connectivity index (χ1n) is 9.97. The van der Waals surface area contributed by atoms with Crippen molar-refractivity contribution >= 4 is 23.5 Å². The Bertz CT molecular complexity index is 962. The number of amides is 2. The molecule has 0 fully saturated rings. The highest BCUT2D eigenvalue weighted by molar-refractivity contribution is 5.95. The third kappa shape index (κ3) is 5.61. The van der Waals surface area contributed by atoms with E-state index in [4.69, 9.17) is 9.47 Å². The van der Waals surface area contributed by atoms with Gasteiger partial charge in [-0.05, 0) is 29.7 Å². The summed E-state index contributed by atoms with van der Waals surface area (Å²) in [5.41, 5.74) is 2.74. The van der Waals surface area contributed by atoms with Crippen molar-refractivity contribution in [2.75, 3.05) is 39.7 Å². The van der Waals surface area contributed by atoms with Crippen molar-refractivity contribution in [2.45, 2.75) is 19.0 Å². The normalized spacial score (nSPS) is 15.5. The predicted octanol–water partition coefficient (Wildman–Crippen LogP) is 1.69. The number of ether oxygens (including phenoxy) is 2. The Kier molecular flexibility index (Phi) is 7.25. The van der Waals surface area contributed by atoms with E-state index < -0.39 is 6.04 Å². The monoisotopic (exact) mass is 425 g/mol. The van der Waals surface area contributed by atoms with Crippen LogP contribution >= 0.6 is 0 Å². The maximum atomic E-state index is 12.8. The van der Waals surface area contributed by atoms with Gasteiger partial charge in [0.1, 0.15) is 11.8 Å².